The third-order valence-electron chi connectivity index (χ3n) is 3.33. The Morgan fingerprint density at radius 2 is 2.28 bits per heavy atom. The molecule has 1 aromatic heterocycles. The lowest BCUT2D eigenvalue weighted by atomic mass is 9.91. The van der Waals surface area contributed by atoms with Gasteiger partial charge in [-0.15, -0.1) is 21.5 Å². The molecule has 1 aliphatic rings. The van der Waals surface area contributed by atoms with Gasteiger partial charge in [-0.1, -0.05) is 20.8 Å². The summed E-state index contributed by atoms with van der Waals surface area (Å²) in [6.45, 7) is 9.26. The molecule has 2 heterocycles. The van der Waals surface area contributed by atoms with Gasteiger partial charge < -0.3 is 10.1 Å². The van der Waals surface area contributed by atoms with Crippen LogP contribution >= 0.6 is 11.3 Å². The van der Waals surface area contributed by atoms with Crippen molar-refractivity contribution in [3.63, 3.8) is 0 Å². The number of nitrogens with zero attached hydrogens (tertiary/aromatic N) is 2. The van der Waals surface area contributed by atoms with Crippen molar-refractivity contribution in [2.75, 3.05) is 19.8 Å². The van der Waals surface area contributed by atoms with Gasteiger partial charge in [-0.2, -0.15) is 0 Å². The van der Waals surface area contributed by atoms with E-state index in [1.54, 1.807) is 11.3 Å². The average Bonchev–Trinajstić information content (AvgIpc) is 2.78. The van der Waals surface area contributed by atoms with E-state index in [4.69, 9.17) is 4.74 Å². The first-order valence-electron chi connectivity index (χ1n) is 6.80. The fraction of sp³-hybridized carbons (Fsp3) is 0.846. The lowest BCUT2D eigenvalue weighted by molar-refractivity contribution is 0.0471. The van der Waals surface area contributed by atoms with Gasteiger partial charge in [-0.3, -0.25) is 0 Å². The molecule has 0 saturated carbocycles. The zero-order chi connectivity index (χ0) is 13.0. The molecule has 1 saturated heterocycles. The minimum Gasteiger partial charge on any atom is -0.381 e. The maximum atomic E-state index is 5.48. The van der Waals surface area contributed by atoms with E-state index in [9.17, 15) is 0 Å². The molecule has 1 aromatic rings. The minimum atomic E-state index is 0.535. The van der Waals surface area contributed by atoms with Gasteiger partial charge >= 0.3 is 0 Å². The zero-order valence-electron chi connectivity index (χ0n) is 11.5. The van der Waals surface area contributed by atoms with E-state index in [-0.39, 0.29) is 0 Å². The summed E-state index contributed by atoms with van der Waals surface area (Å²) >= 11 is 1.78. The molecule has 0 spiro atoms. The number of hydrogen-bond donors (Lipinski definition) is 1. The molecule has 2 rings (SSSR count). The lowest BCUT2D eigenvalue weighted by Gasteiger charge is -2.26. The van der Waals surface area contributed by atoms with Gasteiger partial charge in [0.25, 0.3) is 0 Å². The monoisotopic (exact) mass is 269 g/mol. The molecule has 1 fully saturated rings. The summed E-state index contributed by atoms with van der Waals surface area (Å²) in [4.78, 5) is 0. The van der Waals surface area contributed by atoms with E-state index in [2.05, 4.69) is 36.3 Å². The maximum Gasteiger partial charge on any atom is 0.120 e. The summed E-state index contributed by atoms with van der Waals surface area (Å²) in [5, 5.41) is 14.4. The third kappa shape index (κ3) is 3.73. The zero-order valence-corrected chi connectivity index (χ0v) is 12.3. The van der Waals surface area contributed by atoms with Crippen LogP contribution in [0.25, 0.3) is 0 Å². The van der Waals surface area contributed by atoms with Gasteiger partial charge in [0.05, 0.1) is 0 Å². The van der Waals surface area contributed by atoms with Crippen LogP contribution in [0.1, 0.15) is 43.1 Å². The second-order valence-electron chi connectivity index (χ2n) is 5.34. The standard InChI is InChI=1S/C13H23N3OS/c1-9(2)14-6-4-12-15-16-13(18-12)11-5-7-17-8-10(11)3/h9-11,14H,4-8H2,1-3H3. The summed E-state index contributed by atoms with van der Waals surface area (Å²) in [5.74, 6) is 1.11. The molecular weight excluding hydrogens is 246 g/mol. The van der Waals surface area contributed by atoms with E-state index in [1.807, 2.05) is 0 Å². The summed E-state index contributed by atoms with van der Waals surface area (Å²) in [6.07, 6.45) is 2.06. The van der Waals surface area contributed by atoms with Crippen LogP contribution in [0.5, 0.6) is 0 Å². The van der Waals surface area contributed by atoms with Crippen LogP contribution in [0, 0.1) is 5.92 Å². The van der Waals surface area contributed by atoms with E-state index in [0.717, 1.165) is 37.6 Å². The number of rotatable bonds is 5. The Hall–Kier alpha value is -0.520. The molecule has 1 aliphatic heterocycles. The Bertz CT molecular complexity index is 367. The molecule has 102 valence electrons. The Morgan fingerprint density at radius 1 is 1.44 bits per heavy atom. The van der Waals surface area contributed by atoms with Gasteiger partial charge in [0.2, 0.25) is 0 Å². The van der Waals surface area contributed by atoms with Crippen molar-refractivity contribution in [1.29, 1.82) is 0 Å². The van der Waals surface area contributed by atoms with Crippen LogP contribution in [0.4, 0.5) is 0 Å². The van der Waals surface area contributed by atoms with Crippen LogP contribution in [-0.4, -0.2) is 36.0 Å². The number of aromatic nitrogens is 2. The summed E-state index contributed by atoms with van der Waals surface area (Å²) in [5.41, 5.74) is 0. The van der Waals surface area contributed by atoms with E-state index >= 15 is 0 Å². The molecule has 4 nitrogen and oxygen atoms in total. The quantitative estimate of drug-likeness (QED) is 0.890. The van der Waals surface area contributed by atoms with Crippen molar-refractivity contribution in [2.45, 2.75) is 45.6 Å². The summed E-state index contributed by atoms with van der Waals surface area (Å²) in [7, 11) is 0. The first-order valence-corrected chi connectivity index (χ1v) is 7.62. The second-order valence-corrected chi connectivity index (χ2v) is 6.43. The van der Waals surface area contributed by atoms with Crippen molar-refractivity contribution in [1.82, 2.24) is 15.5 Å². The van der Waals surface area contributed by atoms with Gasteiger partial charge in [0.15, 0.2) is 0 Å². The summed E-state index contributed by atoms with van der Waals surface area (Å²) in [6, 6.07) is 0.535. The molecule has 18 heavy (non-hydrogen) atoms. The predicted octanol–water partition coefficient (Wildman–Crippen LogP) is 2.22. The maximum absolute atomic E-state index is 5.48. The molecule has 2 unspecified atom stereocenters. The normalized spacial score (nSPS) is 24.7. The highest BCUT2D eigenvalue weighted by molar-refractivity contribution is 7.11. The van der Waals surface area contributed by atoms with E-state index in [1.165, 1.54) is 5.01 Å². The molecule has 0 aliphatic carbocycles. The molecule has 2 atom stereocenters. The second kappa shape index (κ2) is 6.59. The largest absolute Gasteiger partial charge is 0.381 e. The van der Waals surface area contributed by atoms with Crippen LogP contribution in [-0.2, 0) is 11.2 Å². The number of nitrogens with one attached hydrogen (secondary N) is 1. The number of ether oxygens (including phenoxy) is 1. The summed E-state index contributed by atoms with van der Waals surface area (Å²) < 4.78 is 5.48. The molecule has 0 aromatic carbocycles. The highest BCUT2D eigenvalue weighted by atomic mass is 32.1. The van der Waals surface area contributed by atoms with Crippen molar-refractivity contribution in [2.24, 2.45) is 5.92 Å². The van der Waals surface area contributed by atoms with Crippen LogP contribution in [0.15, 0.2) is 0 Å². The first kappa shape index (κ1) is 13.9. The molecule has 0 bridgehead atoms. The highest BCUT2D eigenvalue weighted by Gasteiger charge is 2.26. The van der Waals surface area contributed by atoms with Gasteiger partial charge in [-0.05, 0) is 12.3 Å². The molecule has 0 radical (unpaired) electrons. The fourth-order valence-electron chi connectivity index (χ4n) is 2.23. The molecule has 5 heteroatoms. The fourth-order valence-corrected chi connectivity index (χ4v) is 3.34. The molecule has 1 N–H and O–H groups in total. The predicted molar refractivity (Wildman–Crippen MR) is 74.1 cm³/mol. The third-order valence-corrected chi connectivity index (χ3v) is 4.45. The minimum absolute atomic E-state index is 0.535. The van der Waals surface area contributed by atoms with Crippen molar-refractivity contribution < 1.29 is 4.74 Å². The SMILES string of the molecule is CC(C)NCCc1nnc(C2CCOCC2C)s1. The number of hydrogen-bond acceptors (Lipinski definition) is 5. The Balaban J connectivity index is 1.88. The van der Waals surface area contributed by atoms with Crippen molar-refractivity contribution in [3.8, 4) is 0 Å². The topological polar surface area (TPSA) is 47.0 Å². The van der Waals surface area contributed by atoms with Crippen LogP contribution in [0.3, 0.4) is 0 Å². The highest BCUT2D eigenvalue weighted by Crippen LogP contribution is 2.33. The smallest absolute Gasteiger partial charge is 0.120 e. The van der Waals surface area contributed by atoms with E-state index in [0.29, 0.717) is 17.9 Å². The van der Waals surface area contributed by atoms with Crippen molar-refractivity contribution >= 4 is 11.3 Å². The van der Waals surface area contributed by atoms with Crippen LogP contribution < -0.4 is 5.32 Å². The van der Waals surface area contributed by atoms with Crippen LogP contribution in [0.2, 0.25) is 0 Å². The van der Waals surface area contributed by atoms with Gasteiger partial charge in [0.1, 0.15) is 10.0 Å². The lowest BCUT2D eigenvalue weighted by Crippen LogP contribution is -2.24. The van der Waals surface area contributed by atoms with Gasteiger partial charge in [0, 0.05) is 38.1 Å². The Morgan fingerprint density at radius 3 is 3.00 bits per heavy atom. The van der Waals surface area contributed by atoms with Gasteiger partial charge in [-0.25, -0.2) is 0 Å². The Labute approximate surface area is 113 Å². The Kier molecular flexibility index (Phi) is 5.09. The average molecular weight is 269 g/mol. The first-order chi connectivity index (χ1) is 8.66. The van der Waals surface area contributed by atoms with E-state index < -0.39 is 0 Å². The molecular formula is C13H23N3OS. The van der Waals surface area contributed by atoms with Crippen molar-refractivity contribution in [3.05, 3.63) is 10.0 Å². The molecule has 0 amide bonds.